The predicted octanol–water partition coefficient (Wildman–Crippen LogP) is 0.532. The monoisotopic (exact) mass is 197 g/mol. The molecule has 0 N–H and O–H groups in total. The molecule has 78 valence electrons. The summed E-state index contributed by atoms with van der Waals surface area (Å²) in [7, 11) is 5.10. The van der Waals surface area contributed by atoms with Gasteiger partial charge in [0.2, 0.25) is 5.95 Å². The van der Waals surface area contributed by atoms with E-state index < -0.39 is 0 Å². The van der Waals surface area contributed by atoms with E-state index in [4.69, 9.17) is 9.47 Å². The van der Waals surface area contributed by atoms with Crippen LogP contribution >= 0.6 is 0 Å². The minimum Gasteiger partial charge on any atom is -0.354 e. The van der Waals surface area contributed by atoms with E-state index in [0.29, 0.717) is 12.5 Å². The van der Waals surface area contributed by atoms with Gasteiger partial charge in [0.15, 0.2) is 6.29 Å². The Morgan fingerprint density at radius 3 is 2.36 bits per heavy atom. The number of methoxy groups -OCH3 is 2. The van der Waals surface area contributed by atoms with Crippen LogP contribution in [0.25, 0.3) is 0 Å². The molecule has 0 amide bonds. The Balaban J connectivity index is 2.54. The summed E-state index contributed by atoms with van der Waals surface area (Å²) in [5.74, 6) is 0.659. The standard InChI is InChI=1S/C9H15N3O2/c1-12(7-8(13-2)14-3)9-10-5-4-6-11-9/h4-6,8H,7H2,1-3H3. The molecular weight excluding hydrogens is 182 g/mol. The molecule has 0 bridgehead atoms. The quantitative estimate of drug-likeness (QED) is 0.644. The fraction of sp³-hybridized carbons (Fsp3) is 0.556. The van der Waals surface area contributed by atoms with Crippen LogP contribution in [-0.4, -0.2) is 44.1 Å². The second kappa shape index (κ2) is 5.51. The molecule has 5 heteroatoms. The molecule has 0 aromatic carbocycles. The summed E-state index contributed by atoms with van der Waals surface area (Å²) in [6, 6.07) is 1.78. The van der Waals surface area contributed by atoms with Gasteiger partial charge in [-0.25, -0.2) is 9.97 Å². The van der Waals surface area contributed by atoms with Crippen molar-refractivity contribution < 1.29 is 9.47 Å². The molecule has 0 aliphatic heterocycles. The van der Waals surface area contributed by atoms with E-state index >= 15 is 0 Å². The lowest BCUT2D eigenvalue weighted by Crippen LogP contribution is -2.32. The third-order valence-electron chi connectivity index (χ3n) is 1.84. The Labute approximate surface area is 83.7 Å². The molecular formula is C9H15N3O2. The van der Waals surface area contributed by atoms with Gasteiger partial charge in [0.25, 0.3) is 0 Å². The zero-order valence-corrected chi connectivity index (χ0v) is 8.67. The van der Waals surface area contributed by atoms with Gasteiger partial charge < -0.3 is 14.4 Å². The molecule has 0 radical (unpaired) electrons. The van der Waals surface area contributed by atoms with Crippen molar-refractivity contribution in [2.75, 3.05) is 32.7 Å². The summed E-state index contributed by atoms with van der Waals surface area (Å²) in [5.41, 5.74) is 0. The molecule has 14 heavy (non-hydrogen) atoms. The first-order valence-electron chi connectivity index (χ1n) is 4.31. The number of nitrogens with zero attached hydrogens (tertiary/aromatic N) is 3. The fourth-order valence-electron chi connectivity index (χ4n) is 1.04. The van der Waals surface area contributed by atoms with E-state index in [1.165, 1.54) is 0 Å². The van der Waals surface area contributed by atoms with Crippen molar-refractivity contribution in [2.24, 2.45) is 0 Å². The van der Waals surface area contributed by atoms with Crippen LogP contribution < -0.4 is 4.90 Å². The van der Waals surface area contributed by atoms with Gasteiger partial charge in [-0.3, -0.25) is 0 Å². The van der Waals surface area contributed by atoms with Crippen molar-refractivity contribution in [3.8, 4) is 0 Å². The Bertz CT molecular complexity index is 251. The van der Waals surface area contributed by atoms with Crippen LogP contribution in [0.2, 0.25) is 0 Å². The molecule has 1 heterocycles. The molecule has 1 rings (SSSR count). The SMILES string of the molecule is COC(CN(C)c1ncccn1)OC. The van der Waals surface area contributed by atoms with Gasteiger partial charge in [0.05, 0.1) is 6.54 Å². The normalized spacial score (nSPS) is 10.6. The van der Waals surface area contributed by atoms with Gasteiger partial charge >= 0.3 is 0 Å². The highest BCUT2D eigenvalue weighted by atomic mass is 16.7. The van der Waals surface area contributed by atoms with Crippen molar-refractivity contribution in [1.29, 1.82) is 0 Å². The third kappa shape index (κ3) is 2.93. The van der Waals surface area contributed by atoms with E-state index in [1.54, 1.807) is 32.7 Å². The van der Waals surface area contributed by atoms with Crippen molar-refractivity contribution in [3.05, 3.63) is 18.5 Å². The molecule has 0 unspecified atom stereocenters. The average Bonchev–Trinajstić information content (AvgIpc) is 2.26. The summed E-state index contributed by atoms with van der Waals surface area (Å²) in [6.45, 7) is 0.594. The predicted molar refractivity (Wildman–Crippen MR) is 53.1 cm³/mol. The summed E-state index contributed by atoms with van der Waals surface area (Å²) in [5, 5.41) is 0. The zero-order valence-electron chi connectivity index (χ0n) is 8.67. The van der Waals surface area contributed by atoms with Crippen molar-refractivity contribution in [3.63, 3.8) is 0 Å². The van der Waals surface area contributed by atoms with Gasteiger partial charge in [0.1, 0.15) is 0 Å². The second-order valence-electron chi connectivity index (χ2n) is 2.83. The summed E-state index contributed by atoms with van der Waals surface area (Å²) in [4.78, 5) is 10.1. The number of aromatic nitrogens is 2. The minimum atomic E-state index is -0.260. The summed E-state index contributed by atoms with van der Waals surface area (Å²) in [6.07, 6.45) is 3.14. The van der Waals surface area contributed by atoms with E-state index in [0.717, 1.165) is 0 Å². The molecule has 0 aliphatic rings. The number of ether oxygens (including phenoxy) is 2. The van der Waals surface area contributed by atoms with Crippen molar-refractivity contribution >= 4 is 5.95 Å². The number of hydrogen-bond acceptors (Lipinski definition) is 5. The van der Waals surface area contributed by atoms with Crippen molar-refractivity contribution in [2.45, 2.75) is 6.29 Å². The second-order valence-corrected chi connectivity index (χ2v) is 2.83. The largest absolute Gasteiger partial charge is 0.354 e. The maximum Gasteiger partial charge on any atom is 0.225 e. The van der Waals surface area contributed by atoms with Crippen LogP contribution in [0.5, 0.6) is 0 Å². The van der Waals surface area contributed by atoms with E-state index in [-0.39, 0.29) is 6.29 Å². The highest BCUT2D eigenvalue weighted by Gasteiger charge is 2.10. The topological polar surface area (TPSA) is 47.5 Å². The molecule has 0 spiro atoms. The first-order chi connectivity index (χ1) is 6.77. The zero-order chi connectivity index (χ0) is 10.4. The smallest absolute Gasteiger partial charge is 0.225 e. The first-order valence-corrected chi connectivity index (χ1v) is 4.31. The summed E-state index contributed by atoms with van der Waals surface area (Å²) >= 11 is 0. The molecule has 0 aliphatic carbocycles. The molecule has 5 nitrogen and oxygen atoms in total. The number of anilines is 1. The molecule has 0 saturated carbocycles. The maximum atomic E-state index is 5.07. The van der Waals surface area contributed by atoms with Crippen LogP contribution in [0.4, 0.5) is 5.95 Å². The average molecular weight is 197 g/mol. The van der Waals surface area contributed by atoms with Gasteiger partial charge in [-0.15, -0.1) is 0 Å². The maximum absolute atomic E-state index is 5.07. The van der Waals surface area contributed by atoms with Crippen LogP contribution in [0.15, 0.2) is 18.5 Å². The number of hydrogen-bond donors (Lipinski definition) is 0. The lowest BCUT2D eigenvalue weighted by atomic mass is 10.5. The van der Waals surface area contributed by atoms with Gasteiger partial charge in [-0.1, -0.05) is 0 Å². The Kier molecular flexibility index (Phi) is 4.28. The lowest BCUT2D eigenvalue weighted by Gasteiger charge is -2.21. The molecule has 0 fully saturated rings. The van der Waals surface area contributed by atoms with Crippen LogP contribution in [-0.2, 0) is 9.47 Å². The van der Waals surface area contributed by atoms with Gasteiger partial charge in [0, 0.05) is 33.7 Å². The van der Waals surface area contributed by atoms with Gasteiger partial charge in [-0.05, 0) is 6.07 Å². The van der Waals surface area contributed by atoms with E-state index in [1.807, 2.05) is 11.9 Å². The Morgan fingerprint density at radius 1 is 1.29 bits per heavy atom. The Morgan fingerprint density at radius 2 is 1.86 bits per heavy atom. The van der Waals surface area contributed by atoms with E-state index in [2.05, 4.69) is 9.97 Å². The van der Waals surface area contributed by atoms with Crippen molar-refractivity contribution in [1.82, 2.24) is 9.97 Å². The number of likely N-dealkylation sites (N-methyl/N-ethyl adjacent to an activating group) is 1. The molecule has 0 atom stereocenters. The first kappa shape index (κ1) is 10.9. The number of rotatable bonds is 5. The lowest BCUT2D eigenvalue weighted by molar-refractivity contribution is -0.0945. The fourth-order valence-corrected chi connectivity index (χ4v) is 1.04. The molecule has 1 aromatic heterocycles. The van der Waals surface area contributed by atoms with Crippen LogP contribution in [0.1, 0.15) is 0 Å². The van der Waals surface area contributed by atoms with Gasteiger partial charge in [-0.2, -0.15) is 0 Å². The van der Waals surface area contributed by atoms with Crippen LogP contribution in [0, 0.1) is 0 Å². The third-order valence-corrected chi connectivity index (χ3v) is 1.84. The highest BCUT2D eigenvalue weighted by Crippen LogP contribution is 2.04. The molecule has 1 aromatic rings. The highest BCUT2D eigenvalue weighted by molar-refractivity contribution is 5.26. The molecule has 0 saturated heterocycles. The Hall–Kier alpha value is -1.20. The summed E-state index contributed by atoms with van der Waals surface area (Å²) < 4.78 is 10.1. The van der Waals surface area contributed by atoms with E-state index in [9.17, 15) is 0 Å². The van der Waals surface area contributed by atoms with Crippen LogP contribution in [0.3, 0.4) is 0 Å². The minimum absolute atomic E-state index is 0.260.